The summed E-state index contributed by atoms with van der Waals surface area (Å²) in [7, 11) is 0. The zero-order valence-electron chi connectivity index (χ0n) is 15.5. The Bertz CT molecular complexity index is 1130. The normalized spacial score (nSPS) is 18.0. The molecule has 1 aliphatic heterocycles. The number of carbonyl (C=O) groups is 2. The first-order valence-corrected chi connectivity index (χ1v) is 9.87. The van der Waals surface area contributed by atoms with Crippen LogP contribution in [0.25, 0.3) is 10.8 Å². The zero-order valence-corrected chi connectivity index (χ0v) is 17.0. The maximum atomic E-state index is 12.7. The van der Waals surface area contributed by atoms with Crippen LogP contribution in [0.2, 0.25) is 10.0 Å². The molecule has 4 rings (SSSR count). The second-order valence-corrected chi connectivity index (χ2v) is 7.90. The molecular formula is C22H18Cl2N2O3. The predicted molar refractivity (Wildman–Crippen MR) is 116 cm³/mol. The van der Waals surface area contributed by atoms with Crippen LogP contribution >= 0.6 is 23.2 Å². The number of halogens is 2. The summed E-state index contributed by atoms with van der Waals surface area (Å²) in [4.78, 5) is 26.1. The lowest BCUT2D eigenvalue weighted by molar-refractivity contribution is -0.138. The summed E-state index contributed by atoms with van der Waals surface area (Å²) in [6, 6.07) is 15.4. The van der Waals surface area contributed by atoms with Crippen molar-refractivity contribution in [3.8, 4) is 0 Å². The Kier molecular flexibility index (Phi) is 5.11. The van der Waals surface area contributed by atoms with Gasteiger partial charge >= 0.3 is 5.97 Å². The maximum absolute atomic E-state index is 12.7. The second-order valence-electron chi connectivity index (χ2n) is 7.06. The highest BCUT2D eigenvalue weighted by atomic mass is 35.5. The maximum Gasteiger partial charge on any atom is 0.326 e. The minimum absolute atomic E-state index is 0.177. The van der Waals surface area contributed by atoms with Crippen LogP contribution in [0, 0.1) is 0 Å². The molecule has 0 fully saturated rings. The number of rotatable bonds is 3. The molecule has 0 aromatic heterocycles. The fourth-order valence-corrected chi connectivity index (χ4v) is 4.55. The lowest BCUT2D eigenvalue weighted by atomic mass is 9.90. The summed E-state index contributed by atoms with van der Waals surface area (Å²) in [5.41, 5.74) is 1.87. The van der Waals surface area contributed by atoms with E-state index < -0.39 is 18.1 Å². The summed E-state index contributed by atoms with van der Waals surface area (Å²) >= 11 is 12.6. The number of aliphatic carboxylic acids is 1. The smallest absolute Gasteiger partial charge is 0.326 e. The van der Waals surface area contributed by atoms with Gasteiger partial charge in [0.2, 0.25) is 5.91 Å². The third-order valence-corrected chi connectivity index (χ3v) is 5.71. The minimum atomic E-state index is -1.00. The molecule has 29 heavy (non-hydrogen) atoms. The van der Waals surface area contributed by atoms with E-state index in [1.807, 2.05) is 42.5 Å². The summed E-state index contributed by atoms with van der Waals surface area (Å²) in [5.74, 6) is -1.20. The van der Waals surface area contributed by atoms with Gasteiger partial charge in [-0.25, -0.2) is 4.79 Å². The first kappa shape index (κ1) is 19.6. The molecule has 1 aliphatic rings. The van der Waals surface area contributed by atoms with Crippen molar-refractivity contribution in [1.82, 2.24) is 0 Å². The van der Waals surface area contributed by atoms with E-state index in [-0.39, 0.29) is 12.3 Å². The van der Waals surface area contributed by atoms with Crippen molar-refractivity contribution < 1.29 is 14.7 Å². The van der Waals surface area contributed by atoms with Crippen molar-refractivity contribution in [2.24, 2.45) is 0 Å². The third kappa shape index (κ3) is 3.63. The summed E-state index contributed by atoms with van der Waals surface area (Å²) in [5, 5.41) is 15.4. The number of carboxylic acid groups (broad SMARTS) is 1. The number of nitrogens with zero attached hydrogens (tertiary/aromatic N) is 1. The predicted octanol–water partition coefficient (Wildman–Crippen LogP) is 5.51. The van der Waals surface area contributed by atoms with E-state index in [1.54, 1.807) is 17.0 Å². The molecule has 0 saturated carbocycles. The Balaban J connectivity index is 1.88. The topological polar surface area (TPSA) is 69.6 Å². The van der Waals surface area contributed by atoms with E-state index in [0.29, 0.717) is 27.0 Å². The zero-order chi connectivity index (χ0) is 20.7. The number of hydrogen-bond acceptors (Lipinski definition) is 3. The molecule has 148 valence electrons. The molecule has 1 heterocycles. The highest BCUT2D eigenvalue weighted by molar-refractivity contribution is 6.35. The van der Waals surface area contributed by atoms with Crippen molar-refractivity contribution in [2.45, 2.75) is 25.4 Å². The van der Waals surface area contributed by atoms with Crippen LogP contribution in [0.15, 0.2) is 54.6 Å². The van der Waals surface area contributed by atoms with E-state index in [0.717, 1.165) is 10.8 Å². The van der Waals surface area contributed by atoms with Crippen LogP contribution in [-0.2, 0) is 9.59 Å². The summed E-state index contributed by atoms with van der Waals surface area (Å²) in [6.45, 7) is 1.47. The first-order valence-electron chi connectivity index (χ1n) is 9.12. The van der Waals surface area contributed by atoms with Crippen LogP contribution in [0.5, 0.6) is 0 Å². The largest absolute Gasteiger partial charge is 0.480 e. The second kappa shape index (κ2) is 7.58. The van der Waals surface area contributed by atoms with Crippen molar-refractivity contribution in [1.29, 1.82) is 0 Å². The van der Waals surface area contributed by atoms with Crippen LogP contribution in [0.3, 0.4) is 0 Å². The van der Waals surface area contributed by atoms with E-state index >= 15 is 0 Å². The molecule has 3 aromatic carbocycles. The van der Waals surface area contributed by atoms with Gasteiger partial charge in [0, 0.05) is 40.3 Å². The number of anilines is 2. The SMILES string of the molecule is CC(=O)N(c1ccc2ccccc2c1)[C@@H]1C[C@@H](C(=O)O)Nc2cc(Cl)cc(Cl)c21. The van der Waals surface area contributed by atoms with Crippen LogP contribution in [0.4, 0.5) is 11.4 Å². The van der Waals surface area contributed by atoms with Crippen molar-refractivity contribution >= 4 is 57.2 Å². The third-order valence-electron chi connectivity index (χ3n) is 5.18. The molecule has 7 heteroatoms. The number of carboxylic acids is 1. The van der Waals surface area contributed by atoms with Gasteiger partial charge in [-0.1, -0.05) is 53.5 Å². The van der Waals surface area contributed by atoms with Crippen LogP contribution in [-0.4, -0.2) is 23.0 Å². The Hall–Kier alpha value is -2.76. The lowest BCUT2D eigenvalue weighted by Gasteiger charge is -2.39. The minimum Gasteiger partial charge on any atom is -0.480 e. The van der Waals surface area contributed by atoms with Gasteiger partial charge in [-0.05, 0) is 35.0 Å². The molecule has 0 saturated heterocycles. The Labute approximate surface area is 177 Å². The first-order chi connectivity index (χ1) is 13.8. The number of benzene rings is 3. The van der Waals surface area contributed by atoms with Gasteiger partial charge < -0.3 is 15.3 Å². The number of nitrogens with one attached hydrogen (secondary N) is 1. The number of fused-ring (bicyclic) bond motifs is 2. The van der Waals surface area contributed by atoms with Gasteiger partial charge in [0.05, 0.1) is 6.04 Å². The fourth-order valence-electron chi connectivity index (χ4n) is 3.94. The van der Waals surface area contributed by atoms with E-state index in [1.165, 1.54) is 6.92 Å². The van der Waals surface area contributed by atoms with Crippen molar-refractivity contribution in [3.63, 3.8) is 0 Å². The molecule has 2 atom stereocenters. The van der Waals surface area contributed by atoms with E-state index in [4.69, 9.17) is 23.2 Å². The molecule has 2 N–H and O–H groups in total. The molecule has 3 aromatic rings. The molecule has 0 bridgehead atoms. The van der Waals surface area contributed by atoms with Gasteiger partial charge in [0.15, 0.2) is 0 Å². The molecule has 0 aliphatic carbocycles. The standard InChI is InChI=1S/C22H18Cl2N2O3/c1-12(27)26(16-7-6-13-4-2-3-5-14(13)8-16)20-11-19(22(28)29)25-18-10-15(23)9-17(24)21(18)20/h2-10,19-20,25H,11H2,1H3,(H,28,29)/t19-,20+/m0/s1. The molecule has 5 nitrogen and oxygen atoms in total. The molecule has 1 amide bonds. The van der Waals surface area contributed by atoms with Gasteiger partial charge in [-0.15, -0.1) is 0 Å². The molecule has 0 spiro atoms. The van der Waals surface area contributed by atoms with Gasteiger partial charge in [-0.3, -0.25) is 4.79 Å². The van der Waals surface area contributed by atoms with Crippen LogP contribution < -0.4 is 10.2 Å². The number of carbonyl (C=O) groups excluding carboxylic acids is 1. The number of amides is 1. The monoisotopic (exact) mass is 428 g/mol. The van der Waals surface area contributed by atoms with Crippen molar-refractivity contribution in [3.05, 3.63) is 70.2 Å². The number of hydrogen-bond donors (Lipinski definition) is 2. The van der Waals surface area contributed by atoms with E-state index in [2.05, 4.69) is 5.32 Å². The Morgan fingerprint density at radius 1 is 1.07 bits per heavy atom. The fraction of sp³-hybridized carbons (Fsp3) is 0.182. The van der Waals surface area contributed by atoms with Crippen LogP contribution in [0.1, 0.15) is 24.9 Å². The van der Waals surface area contributed by atoms with Gasteiger partial charge in [-0.2, -0.15) is 0 Å². The summed E-state index contributed by atoms with van der Waals surface area (Å²) < 4.78 is 0. The molecule has 0 radical (unpaired) electrons. The molecular weight excluding hydrogens is 411 g/mol. The lowest BCUT2D eigenvalue weighted by Crippen LogP contribution is -2.43. The van der Waals surface area contributed by atoms with Gasteiger partial charge in [0.1, 0.15) is 6.04 Å². The Morgan fingerprint density at radius 3 is 2.48 bits per heavy atom. The quantitative estimate of drug-likeness (QED) is 0.576. The van der Waals surface area contributed by atoms with Gasteiger partial charge in [0.25, 0.3) is 0 Å². The average Bonchev–Trinajstić information content (AvgIpc) is 2.66. The average molecular weight is 429 g/mol. The summed E-state index contributed by atoms with van der Waals surface area (Å²) in [6.07, 6.45) is 0.177. The van der Waals surface area contributed by atoms with Crippen molar-refractivity contribution in [2.75, 3.05) is 10.2 Å². The highest BCUT2D eigenvalue weighted by Crippen LogP contribution is 2.44. The highest BCUT2D eigenvalue weighted by Gasteiger charge is 2.37. The molecule has 0 unspecified atom stereocenters. The van der Waals surface area contributed by atoms with E-state index in [9.17, 15) is 14.7 Å². The Morgan fingerprint density at radius 2 is 1.79 bits per heavy atom.